The maximum Gasteiger partial charge on any atom is 0.225 e. The Labute approximate surface area is 166 Å². The summed E-state index contributed by atoms with van der Waals surface area (Å²) < 4.78 is 5.16. The Morgan fingerprint density at radius 1 is 1.00 bits per heavy atom. The third-order valence-corrected chi connectivity index (χ3v) is 6.52. The van der Waals surface area contributed by atoms with Crippen molar-refractivity contribution in [3.8, 4) is 5.75 Å². The van der Waals surface area contributed by atoms with Crippen molar-refractivity contribution in [2.75, 3.05) is 39.0 Å². The highest BCUT2D eigenvalue weighted by molar-refractivity contribution is 7.99. The molecule has 27 heavy (non-hydrogen) atoms. The van der Waals surface area contributed by atoms with Crippen LogP contribution in [0.25, 0.3) is 0 Å². The van der Waals surface area contributed by atoms with Gasteiger partial charge in [-0.3, -0.25) is 9.59 Å². The molecule has 0 bridgehead atoms. The Kier molecular flexibility index (Phi) is 7.44. The normalized spacial score (nSPS) is 18.4. The summed E-state index contributed by atoms with van der Waals surface area (Å²) in [5.41, 5.74) is 0. The van der Waals surface area contributed by atoms with Crippen molar-refractivity contribution in [2.24, 2.45) is 5.92 Å². The number of thioether (sulfide) groups is 1. The van der Waals surface area contributed by atoms with Gasteiger partial charge in [0.1, 0.15) is 5.75 Å². The minimum absolute atomic E-state index is 0.112. The van der Waals surface area contributed by atoms with Crippen LogP contribution >= 0.6 is 11.8 Å². The van der Waals surface area contributed by atoms with E-state index in [1.165, 1.54) is 6.42 Å². The summed E-state index contributed by atoms with van der Waals surface area (Å²) in [7, 11) is 1.66. The van der Waals surface area contributed by atoms with E-state index >= 15 is 0 Å². The average Bonchev–Trinajstić information content (AvgIpc) is 2.74. The summed E-state index contributed by atoms with van der Waals surface area (Å²) in [5.74, 6) is 2.26. The molecule has 2 saturated heterocycles. The van der Waals surface area contributed by atoms with Crippen molar-refractivity contribution >= 4 is 23.6 Å². The molecule has 0 aromatic heterocycles. The third kappa shape index (κ3) is 5.64. The van der Waals surface area contributed by atoms with Gasteiger partial charge in [0.2, 0.25) is 11.8 Å². The molecule has 1 aromatic carbocycles. The number of benzene rings is 1. The molecule has 0 atom stereocenters. The summed E-state index contributed by atoms with van der Waals surface area (Å²) in [6.45, 7) is 3.27. The van der Waals surface area contributed by atoms with Crippen molar-refractivity contribution in [2.45, 2.75) is 43.4 Å². The molecule has 6 heteroatoms. The second-order valence-corrected chi connectivity index (χ2v) is 8.48. The Hall–Kier alpha value is -1.69. The smallest absolute Gasteiger partial charge is 0.225 e. The van der Waals surface area contributed by atoms with Crippen molar-refractivity contribution < 1.29 is 14.3 Å². The van der Waals surface area contributed by atoms with Crippen LogP contribution < -0.4 is 4.74 Å². The molecule has 5 nitrogen and oxygen atoms in total. The molecule has 0 radical (unpaired) electrons. The van der Waals surface area contributed by atoms with Crippen LogP contribution in [0.3, 0.4) is 0 Å². The van der Waals surface area contributed by atoms with Gasteiger partial charge in [0.05, 0.1) is 7.11 Å². The average molecular weight is 391 g/mol. The summed E-state index contributed by atoms with van der Waals surface area (Å²) in [5, 5.41) is 0. The Bertz CT molecular complexity index is 621. The monoisotopic (exact) mass is 390 g/mol. The summed E-state index contributed by atoms with van der Waals surface area (Å²) >= 11 is 1.69. The van der Waals surface area contributed by atoms with Gasteiger partial charge in [-0.2, -0.15) is 0 Å². The SMILES string of the molecule is COc1ccc(SCCC(=O)N2CCC(C(=O)N3CCCCC3)CC2)cc1. The van der Waals surface area contributed by atoms with Crippen LogP contribution in [0.5, 0.6) is 5.75 Å². The molecular weight excluding hydrogens is 360 g/mol. The maximum atomic E-state index is 12.6. The number of hydrogen-bond donors (Lipinski definition) is 0. The molecule has 2 aliphatic heterocycles. The zero-order chi connectivity index (χ0) is 19.1. The van der Waals surface area contributed by atoms with Crippen LogP contribution in [-0.2, 0) is 9.59 Å². The molecule has 2 amide bonds. The van der Waals surface area contributed by atoms with Crippen LogP contribution in [0.2, 0.25) is 0 Å². The number of carbonyl (C=O) groups is 2. The van der Waals surface area contributed by atoms with Gasteiger partial charge >= 0.3 is 0 Å². The number of rotatable bonds is 6. The van der Waals surface area contributed by atoms with E-state index in [0.717, 1.165) is 68.3 Å². The van der Waals surface area contributed by atoms with E-state index in [9.17, 15) is 9.59 Å². The summed E-state index contributed by atoms with van der Waals surface area (Å²) in [4.78, 5) is 30.2. The molecule has 0 saturated carbocycles. The largest absolute Gasteiger partial charge is 0.497 e. The lowest BCUT2D eigenvalue weighted by atomic mass is 9.94. The summed E-state index contributed by atoms with van der Waals surface area (Å²) in [6, 6.07) is 7.92. The van der Waals surface area contributed by atoms with E-state index in [1.54, 1.807) is 18.9 Å². The molecule has 3 rings (SSSR count). The van der Waals surface area contributed by atoms with E-state index in [1.807, 2.05) is 34.1 Å². The lowest BCUT2D eigenvalue weighted by Gasteiger charge is -2.35. The number of methoxy groups -OCH3 is 1. The second kappa shape index (κ2) is 10.0. The number of carbonyl (C=O) groups excluding carboxylic acids is 2. The first-order valence-corrected chi connectivity index (χ1v) is 11.0. The van der Waals surface area contributed by atoms with Gasteiger partial charge in [-0.15, -0.1) is 11.8 Å². The van der Waals surface area contributed by atoms with Gasteiger partial charge in [0, 0.05) is 49.2 Å². The Balaban J connectivity index is 1.37. The zero-order valence-electron chi connectivity index (χ0n) is 16.2. The lowest BCUT2D eigenvalue weighted by Crippen LogP contribution is -2.45. The minimum Gasteiger partial charge on any atom is -0.497 e. The standard InChI is InChI=1S/C21H30N2O3S/c1-26-18-5-7-19(8-6-18)27-16-11-20(24)22-14-9-17(10-15-22)21(25)23-12-3-2-4-13-23/h5-8,17H,2-4,9-16H2,1H3. The first-order valence-electron chi connectivity index (χ1n) is 10.0. The van der Waals surface area contributed by atoms with Crippen LogP contribution in [0.4, 0.5) is 0 Å². The third-order valence-electron chi connectivity index (χ3n) is 5.51. The van der Waals surface area contributed by atoms with Gasteiger partial charge in [0.15, 0.2) is 0 Å². The molecule has 2 fully saturated rings. The van der Waals surface area contributed by atoms with Crippen molar-refractivity contribution in [1.29, 1.82) is 0 Å². The maximum absolute atomic E-state index is 12.6. The van der Waals surface area contributed by atoms with Crippen LogP contribution in [0, 0.1) is 5.92 Å². The molecule has 2 heterocycles. The first-order chi connectivity index (χ1) is 13.2. The molecule has 0 aliphatic carbocycles. The van der Waals surface area contributed by atoms with Crippen LogP contribution in [0.15, 0.2) is 29.2 Å². The number of ether oxygens (including phenoxy) is 1. The van der Waals surface area contributed by atoms with E-state index in [-0.39, 0.29) is 11.8 Å². The molecule has 1 aromatic rings. The predicted octanol–water partition coefficient (Wildman–Crippen LogP) is 3.43. The molecule has 2 aliphatic rings. The summed E-state index contributed by atoms with van der Waals surface area (Å²) in [6.07, 6.45) is 5.68. The molecular formula is C21H30N2O3S. The Morgan fingerprint density at radius 2 is 1.67 bits per heavy atom. The number of nitrogens with zero attached hydrogens (tertiary/aromatic N) is 2. The Morgan fingerprint density at radius 3 is 2.30 bits per heavy atom. The van der Waals surface area contributed by atoms with Gasteiger partial charge in [-0.25, -0.2) is 0 Å². The van der Waals surface area contributed by atoms with Gasteiger partial charge in [-0.05, 0) is 56.4 Å². The topological polar surface area (TPSA) is 49.9 Å². The fraction of sp³-hybridized carbons (Fsp3) is 0.619. The predicted molar refractivity (Wildman–Crippen MR) is 108 cm³/mol. The molecule has 148 valence electrons. The number of hydrogen-bond acceptors (Lipinski definition) is 4. The number of likely N-dealkylation sites (tertiary alicyclic amines) is 2. The van der Waals surface area contributed by atoms with Crippen LogP contribution in [0.1, 0.15) is 38.5 Å². The number of amides is 2. The van der Waals surface area contributed by atoms with E-state index in [2.05, 4.69) is 0 Å². The fourth-order valence-corrected chi connectivity index (χ4v) is 4.68. The number of piperidine rings is 2. The molecule has 0 unspecified atom stereocenters. The van der Waals surface area contributed by atoms with E-state index in [4.69, 9.17) is 4.74 Å². The van der Waals surface area contributed by atoms with Gasteiger partial charge in [-0.1, -0.05) is 0 Å². The van der Waals surface area contributed by atoms with E-state index in [0.29, 0.717) is 12.3 Å². The highest BCUT2D eigenvalue weighted by Gasteiger charge is 2.30. The van der Waals surface area contributed by atoms with Crippen LogP contribution in [-0.4, -0.2) is 60.7 Å². The quantitative estimate of drug-likeness (QED) is 0.699. The van der Waals surface area contributed by atoms with Crippen molar-refractivity contribution in [1.82, 2.24) is 9.80 Å². The fourth-order valence-electron chi connectivity index (χ4n) is 3.83. The van der Waals surface area contributed by atoms with Crippen molar-refractivity contribution in [3.05, 3.63) is 24.3 Å². The van der Waals surface area contributed by atoms with Gasteiger partial charge < -0.3 is 14.5 Å². The highest BCUT2D eigenvalue weighted by atomic mass is 32.2. The molecule has 0 spiro atoms. The van der Waals surface area contributed by atoms with Gasteiger partial charge in [0.25, 0.3) is 0 Å². The molecule has 0 N–H and O–H groups in total. The zero-order valence-corrected chi connectivity index (χ0v) is 17.0. The van der Waals surface area contributed by atoms with E-state index < -0.39 is 0 Å². The minimum atomic E-state index is 0.112. The first kappa shape index (κ1) is 20.1. The van der Waals surface area contributed by atoms with Crippen molar-refractivity contribution in [3.63, 3.8) is 0 Å². The highest BCUT2D eigenvalue weighted by Crippen LogP contribution is 2.24. The lowest BCUT2D eigenvalue weighted by molar-refractivity contribution is -0.141. The second-order valence-electron chi connectivity index (χ2n) is 7.31.